The zero-order chi connectivity index (χ0) is 20.3. The number of pyridine rings is 1. The molecule has 142 valence electrons. The van der Waals surface area contributed by atoms with E-state index in [1.165, 1.54) is 30.5 Å². The van der Waals surface area contributed by atoms with Gasteiger partial charge in [0.15, 0.2) is 11.6 Å². The Morgan fingerprint density at radius 2 is 1.71 bits per heavy atom. The molecular weight excluding hydrogens is 413 g/mol. The first-order valence-corrected chi connectivity index (χ1v) is 9.52. The highest BCUT2D eigenvalue weighted by molar-refractivity contribution is 7.92. The first kappa shape index (κ1) is 19.7. The Balaban J connectivity index is 1.98. The van der Waals surface area contributed by atoms with E-state index in [1.54, 1.807) is 6.07 Å². The fraction of sp³-hybridized carbons (Fsp3) is 0. The smallest absolute Gasteiger partial charge is 0.262 e. The van der Waals surface area contributed by atoms with Crippen LogP contribution in [0.4, 0.5) is 18.9 Å². The van der Waals surface area contributed by atoms with Crippen LogP contribution in [0.2, 0.25) is 5.02 Å². The third kappa shape index (κ3) is 4.27. The van der Waals surface area contributed by atoms with Crippen LogP contribution in [0.1, 0.15) is 11.1 Å². The SMILES string of the molecule is O=S(=O)(Nc1c(F)cc(C#Cc2cncc(F)c2)c(Cl)c1F)c1ccccc1. The van der Waals surface area contributed by atoms with Crippen molar-refractivity contribution in [2.24, 2.45) is 0 Å². The van der Waals surface area contributed by atoms with Crippen molar-refractivity contribution in [3.63, 3.8) is 0 Å². The van der Waals surface area contributed by atoms with Crippen molar-refractivity contribution >= 4 is 27.3 Å². The zero-order valence-electron chi connectivity index (χ0n) is 13.9. The molecule has 1 aromatic heterocycles. The summed E-state index contributed by atoms with van der Waals surface area (Å²) in [6.07, 6.45) is 2.24. The van der Waals surface area contributed by atoms with E-state index in [0.717, 1.165) is 18.3 Å². The maximum absolute atomic E-state index is 14.5. The lowest BCUT2D eigenvalue weighted by Crippen LogP contribution is -2.15. The number of hydrogen-bond donors (Lipinski definition) is 1. The molecule has 1 N–H and O–H groups in total. The largest absolute Gasteiger partial charge is 0.274 e. The van der Waals surface area contributed by atoms with Gasteiger partial charge in [-0.05, 0) is 24.3 Å². The Hall–Kier alpha value is -3.02. The summed E-state index contributed by atoms with van der Waals surface area (Å²) in [7, 11) is -4.22. The van der Waals surface area contributed by atoms with Crippen LogP contribution < -0.4 is 4.72 Å². The average Bonchev–Trinajstić information content (AvgIpc) is 2.68. The minimum absolute atomic E-state index is 0.172. The minimum Gasteiger partial charge on any atom is -0.274 e. The van der Waals surface area contributed by atoms with Gasteiger partial charge in [0.25, 0.3) is 10.0 Å². The third-order valence-electron chi connectivity index (χ3n) is 3.49. The van der Waals surface area contributed by atoms with Gasteiger partial charge < -0.3 is 0 Å². The van der Waals surface area contributed by atoms with Gasteiger partial charge in [-0.1, -0.05) is 41.6 Å². The normalized spacial score (nSPS) is 10.9. The summed E-state index contributed by atoms with van der Waals surface area (Å²) >= 11 is 5.87. The molecule has 3 rings (SSSR count). The molecule has 0 aliphatic heterocycles. The second-order valence-electron chi connectivity index (χ2n) is 5.47. The number of aromatic nitrogens is 1. The Kier molecular flexibility index (Phi) is 5.58. The van der Waals surface area contributed by atoms with Crippen molar-refractivity contribution in [3.05, 3.63) is 88.5 Å². The molecule has 2 aromatic carbocycles. The summed E-state index contributed by atoms with van der Waals surface area (Å²) in [5.41, 5.74) is -0.985. The van der Waals surface area contributed by atoms with Crippen LogP contribution in [-0.2, 0) is 10.0 Å². The fourth-order valence-electron chi connectivity index (χ4n) is 2.19. The van der Waals surface area contributed by atoms with Gasteiger partial charge in [-0.2, -0.15) is 0 Å². The number of benzene rings is 2. The standard InChI is InChI=1S/C19H10ClF3N2O2S/c20-17-13(7-6-12-8-14(21)11-24-10-12)9-16(22)19(18(17)23)25-28(26,27)15-4-2-1-3-5-15/h1-5,8-11,25H. The lowest BCUT2D eigenvalue weighted by Gasteiger charge is -2.11. The molecule has 0 amide bonds. The van der Waals surface area contributed by atoms with E-state index in [9.17, 15) is 21.6 Å². The van der Waals surface area contributed by atoms with Crippen LogP contribution in [0.25, 0.3) is 0 Å². The predicted molar refractivity (Wildman–Crippen MR) is 98.8 cm³/mol. The summed E-state index contributed by atoms with van der Waals surface area (Å²) in [6, 6.07) is 8.94. The van der Waals surface area contributed by atoms with E-state index in [0.29, 0.717) is 0 Å². The monoisotopic (exact) mass is 422 g/mol. The molecule has 1 heterocycles. The number of anilines is 1. The Morgan fingerprint density at radius 3 is 2.39 bits per heavy atom. The lowest BCUT2D eigenvalue weighted by molar-refractivity contribution is 0.582. The van der Waals surface area contributed by atoms with Crippen LogP contribution in [0.3, 0.4) is 0 Å². The van der Waals surface area contributed by atoms with E-state index in [1.807, 2.05) is 4.72 Å². The summed E-state index contributed by atoms with van der Waals surface area (Å²) in [5, 5.41) is -0.580. The zero-order valence-corrected chi connectivity index (χ0v) is 15.5. The van der Waals surface area contributed by atoms with Crippen LogP contribution in [-0.4, -0.2) is 13.4 Å². The van der Waals surface area contributed by atoms with Gasteiger partial charge in [0.2, 0.25) is 0 Å². The predicted octanol–water partition coefficient (Wildman–Crippen LogP) is 4.35. The van der Waals surface area contributed by atoms with E-state index in [4.69, 9.17) is 11.6 Å². The van der Waals surface area contributed by atoms with Gasteiger partial charge in [-0.3, -0.25) is 9.71 Å². The molecule has 0 aliphatic carbocycles. The lowest BCUT2D eigenvalue weighted by atomic mass is 10.1. The number of nitrogens with one attached hydrogen (secondary N) is 1. The van der Waals surface area contributed by atoms with Crippen molar-refractivity contribution in [2.75, 3.05) is 4.72 Å². The van der Waals surface area contributed by atoms with Crippen LogP contribution in [0.15, 0.2) is 59.8 Å². The second kappa shape index (κ2) is 7.92. The highest BCUT2D eigenvalue weighted by Gasteiger charge is 2.22. The van der Waals surface area contributed by atoms with E-state index in [-0.39, 0.29) is 16.0 Å². The van der Waals surface area contributed by atoms with E-state index < -0.39 is 38.2 Å². The molecule has 3 aromatic rings. The molecule has 0 fully saturated rings. The Bertz CT molecular complexity index is 1210. The third-order valence-corrected chi connectivity index (χ3v) is 5.23. The molecule has 0 saturated carbocycles. The first-order chi connectivity index (χ1) is 13.3. The summed E-state index contributed by atoms with van der Waals surface area (Å²) in [5.74, 6) is 1.75. The molecule has 0 unspecified atom stereocenters. The molecule has 28 heavy (non-hydrogen) atoms. The maximum atomic E-state index is 14.5. The van der Waals surface area contributed by atoms with Gasteiger partial charge in [0.05, 0.1) is 16.1 Å². The van der Waals surface area contributed by atoms with Crippen molar-refractivity contribution < 1.29 is 21.6 Å². The average molecular weight is 423 g/mol. The highest BCUT2D eigenvalue weighted by Crippen LogP contribution is 2.30. The van der Waals surface area contributed by atoms with Crippen LogP contribution >= 0.6 is 11.6 Å². The number of nitrogens with zero attached hydrogens (tertiary/aromatic N) is 1. The molecule has 0 spiro atoms. The number of hydrogen-bond acceptors (Lipinski definition) is 3. The van der Waals surface area contributed by atoms with Crippen molar-refractivity contribution in [2.45, 2.75) is 4.90 Å². The van der Waals surface area contributed by atoms with Gasteiger partial charge in [-0.15, -0.1) is 0 Å². The summed E-state index contributed by atoms with van der Waals surface area (Å²) in [4.78, 5) is 3.43. The Labute approximate surface area is 164 Å². The van der Waals surface area contributed by atoms with E-state index >= 15 is 0 Å². The molecule has 9 heteroatoms. The van der Waals surface area contributed by atoms with Crippen LogP contribution in [0, 0.1) is 29.3 Å². The van der Waals surface area contributed by atoms with Crippen molar-refractivity contribution in [3.8, 4) is 11.8 Å². The van der Waals surface area contributed by atoms with Crippen molar-refractivity contribution in [1.82, 2.24) is 4.98 Å². The second-order valence-corrected chi connectivity index (χ2v) is 7.53. The quantitative estimate of drug-likeness (QED) is 0.504. The van der Waals surface area contributed by atoms with Gasteiger partial charge in [0.1, 0.15) is 11.5 Å². The number of sulfonamides is 1. The van der Waals surface area contributed by atoms with Gasteiger partial charge in [0, 0.05) is 17.3 Å². The highest BCUT2D eigenvalue weighted by atomic mass is 35.5. The molecule has 0 radical (unpaired) electrons. The molecule has 0 aliphatic rings. The Morgan fingerprint density at radius 1 is 1.00 bits per heavy atom. The molecule has 0 atom stereocenters. The number of rotatable bonds is 3. The minimum atomic E-state index is -4.22. The topological polar surface area (TPSA) is 59.1 Å². The molecular formula is C19H10ClF3N2O2S. The van der Waals surface area contributed by atoms with Gasteiger partial charge >= 0.3 is 0 Å². The fourth-order valence-corrected chi connectivity index (χ4v) is 3.48. The number of halogens is 4. The molecule has 4 nitrogen and oxygen atoms in total. The van der Waals surface area contributed by atoms with Gasteiger partial charge in [-0.25, -0.2) is 21.6 Å². The van der Waals surface area contributed by atoms with Crippen LogP contribution in [0.5, 0.6) is 0 Å². The van der Waals surface area contributed by atoms with Crippen molar-refractivity contribution in [1.29, 1.82) is 0 Å². The van der Waals surface area contributed by atoms with E-state index in [2.05, 4.69) is 16.8 Å². The molecule has 0 saturated heterocycles. The summed E-state index contributed by atoms with van der Waals surface area (Å²) in [6.45, 7) is 0. The maximum Gasteiger partial charge on any atom is 0.262 e. The first-order valence-electron chi connectivity index (χ1n) is 7.66. The molecule has 0 bridgehead atoms. The summed E-state index contributed by atoms with van der Waals surface area (Å²) < 4.78 is 68.4.